The van der Waals surface area contributed by atoms with Crippen LogP contribution in [0.2, 0.25) is 0 Å². The Morgan fingerprint density at radius 2 is 1.91 bits per heavy atom. The number of benzene rings is 2. The highest BCUT2D eigenvalue weighted by molar-refractivity contribution is 5.93. The number of anilines is 1. The molecule has 5 heteroatoms. The maximum atomic E-state index is 13.2. The van der Waals surface area contributed by atoms with Gasteiger partial charge in [0.15, 0.2) is 11.5 Å². The second-order valence-corrected chi connectivity index (χ2v) is 5.16. The number of amides is 1. The molecule has 2 aromatic rings. The van der Waals surface area contributed by atoms with Gasteiger partial charge in [0, 0.05) is 5.69 Å². The molecule has 1 N–H and O–H groups in total. The van der Waals surface area contributed by atoms with Gasteiger partial charge in [0.05, 0.1) is 6.42 Å². The van der Waals surface area contributed by atoms with Gasteiger partial charge in [-0.3, -0.25) is 4.79 Å². The maximum Gasteiger partial charge on any atom is 0.228 e. The van der Waals surface area contributed by atoms with Crippen LogP contribution in [-0.4, -0.2) is 19.1 Å². The molecule has 1 aliphatic rings. The normalized spacial score (nSPS) is 12.8. The quantitative estimate of drug-likeness (QED) is 0.947. The van der Waals surface area contributed by atoms with Gasteiger partial charge < -0.3 is 14.8 Å². The number of rotatable bonds is 3. The van der Waals surface area contributed by atoms with Crippen LogP contribution in [0.3, 0.4) is 0 Å². The van der Waals surface area contributed by atoms with E-state index in [1.54, 1.807) is 18.2 Å². The van der Waals surface area contributed by atoms with E-state index in [0.717, 1.165) is 11.1 Å². The minimum Gasteiger partial charge on any atom is -0.486 e. The van der Waals surface area contributed by atoms with E-state index < -0.39 is 0 Å². The predicted octanol–water partition coefficient (Wildman–Crippen LogP) is 3.09. The summed E-state index contributed by atoms with van der Waals surface area (Å²) in [6, 6.07) is 9.74. The molecule has 0 bridgehead atoms. The van der Waals surface area contributed by atoms with Crippen molar-refractivity contribution in [3.05, 3.63) is 53.3 Å². The summed E-state index contributed by atoms with van der Waals surface area (Å²) >= 11 is 0. The first-order valence-corrected chi connectivity index (χ1v) is 7.06. The molecule has 0 aliphatic carbocycles. The monoisotopic (exact) mass is 301 g/mol. The SMILES string of the molecule is Cc1ccc(F)cc1NC(=O)Cc1ccc2c(c1)OCCO2. The summed E-state index contributed by atoms with van der Waals surface area (Å²) in [5.41, 5.74) is 2.12. The number of carbonyl (C=O) groups is 1. The highest BCUT2D eigenvalue weighted by atomic mass is 19.1. The molecular weight excluding hydrogens is 285 g/mol. The molecule has 0 spiro atoms. The van der Waals surface area contributed by atoms with Crippen molar-refractivity contribution in [2.45, 2.75) is 13.3 Å². The zero-order chi connectivity index (χ0) is 15.5. The minimum atomic E-state index is -0.375. The summed E-state index contributed by atoms with van der Waals surface area (Å²) in [5, 5.41) is 2.73. The fourth-order valence-corrected chi connectivity index (χ4v) is 2.31. The number of fused-ring (bicyclic) bond motifs is 1. The van der Waals surface area contributed by atoms with Crippen LogP contribution in [0.25, 0.3) is 0 Å². The summed E-state index contributed by atoms with van der Waals surface area (Å²) in [5.74, 6) is 0.764. The molecule has 1 heterocycles. The molecule has 3 rings (SSSR count). The van der Waals surface area contributed by atoms with Crippen LogP contribution >= 0.6 is 0 Å². The van der Waals surface area contributed by atoms with E-state index in [9.17, 15) is 9.18 Å². The molecule has 0 fully saturated rings. The van der Waals surface area contributed by atoms with Crippen LogP contribution in [0.5, 0.6) is 11.5 Å². The van der Waals surface area contributed by atoms with E-state index in [-0.39, 0.29) is 18.1 Å². The third-order valence-electron chi connectivity index (χ3n) is 3.44. The molecule has 22 heavy (non-hydrogen) atoms. The average molecular weight is 301 g/mol. The van der Waals surface area contributed by atoms with Gasteiger partial charge >= 0.3 is 0 Å². The molecule has 0 unspecified atom stereocenters. The summed E-state index contributed by atoms with van der Waals surface area (Å²) in [4.78, 5) is 12.1. The molecule has 0 saturated carbocycles. The Labute approximate surface area is 127 Å². The lowest BCUT2D eigenvalue weighted by atomic mass is 10.1. The predicted molar refractivity (Wildman–Crippen MR) is 80.9 cm³/mol. The summed E-state index contributed by atoms with van der Waals surface area (Å²) in [6.07, 6.45) is 0.187. The summed E-state index contributed by atoms with van der Waals surface area (Å²) in [6.45, 7) is 2.86. The lowest BCUT2D eigenvalue weighted by Crippen LogP contribution is -2.17. The van der Waals surface area contributed by atoms with Gasteiger partial charge in [0.2, 0.25) is 5.91 Å². The Morgan fingerprint density at radius 3 is 2.73 bits per heavy atom. The molecule has 114 valence electrons. The summed E-state index contributed by atoms with van der Waals surface area (Å²) < 4.78 is 24.2. The molecule has 0 atom stereocenters. The Bertz CT molecular complexity index is 715. The lowest BCUT2D eigenvalue weighted by molar-refractivity contribution is -0.115. The standard InChI is InChI=1S/C17H16FNO3/c1-11-2-4-13(18)10-14(11)19-17(20)9-12-3-5-15-16(8-12)22-7-6-21-15/h2-5,8,10H,6-7,9H2,1H3,(H,19,20). The molecule has 0 radical (unpaired) electrons. The van der Waals surface area contributed by atoms with Crippen molar-refractivity contribution in [3.8, 4) is 11.5 Å². The highest BCUT2D eigenvalue weighted by Crippen LogP contribution is 2.31. The lowest BCUT2D eigenvalue weighted by Gasteiger charge is -2.18. The van der Waals surface area contributed by atoms with E-state index in [0.29, 0.717) is 30.4 Å². The summed E-state index contributed by atoms with van der Waals surface area (Å²) in [7, 11) is 0. The maximum absolute atomic E-state index is 13.2. The van der Waals surface area contributed by atoms with Gasteiger partial charge in [-0.25, -0.2) is 4.39 Å². The van der Waals surface area contributed by atoms with Gasteiger partial charge in [-0.15, -0.1) is 0 Å². The van der Waals surface area contributed by atoms with Crippen LogP contribution in [0.4, 0.5) is 10.1 Å². The molecular formula is C17H16FNO3. The number of ether oxygens (including phenoxy) is 2. The molecule has 1 amide bonds. The second-order valence-electron chi connectivity index (χ2n) is 5.16. The van der Waals surface area contributed by atoms with Gasteiger partial charge in [-0.1, -0.05) is 12.1 Å². The molecule has 0 saturated heterocycles. The number of halogens is 1. The van der Waals surface area contributed by atoms with Gasteiger partial charge in [0.1, 0.15) is 19.0 Å². The Morgan fingerprint density at radius 1 is 1.14 bits per heavy atom. The number of nitrogens with one attached hydrogen (secondary N) is 1. The Balaban J connectivity index is 1.70. The van der Waals surface area contributed by atoms with Gasteiger partial charge in [0.25, 0.3) is 0 Å². The van der Waals surface area contributed by atoms with E-state index in [2.05, 4.69) is 5.32 Å². The third kappa shape index (κ3) is 3.19. The van der Waals surface area contributed by atoms with Gasteiger partial charge in [-0.05, 0) is 42.3 Å². The topological polar surface area (TPSA) is 47.6 Å². The third-order valence-corrected chi connectivity index (χ3v) is 3.44. The molecule has 1 aliphatic heterocycles. The van der Waals surface area contributed by atoms with E-state index in [1.807, 2.05) is 13.0 Å². The largest absolute Gasteiger partial charge is 0.486 e. The van der Waals surface area contributed by atoms with Crippen LogP contribution in [0, 0.1) is 12.7 Å². The number of hydrogen-bond acceptors (Lipinski definition) is 3. The smallest absolute Gasteiger partial charge is 0.228 e. The zero-order valence-electron chi connectivity index (χ0n) is 12.2. The van der Waals surface area contributed by atoms with Crippen LogP contribution in [0.1, 0.15) is 11.1 Å². The van der Waals surface area contributed by atoms with E-state index in [1.165, 1.54) is 12.1 Å². The number of hydrogen-bond donors (Lipinski definition) is 1. The average Bonchev–Trinajstić information content (AvgIpc) is 2.51. The number of aryl methyl sites for hydroxylation is 1. The molecule has 4 nitrogen and oxygen atoms in total. The van der Waals surface area contributed by atoms with Crippen LogP contribution in [0.15, 0.2) is 36.4 Å². The Hall–Kier alpha value is -2.56. The second kappa shape index (κ2) is 6.05. The van der Waals surface area contributed by atoms with Crippen molar-refractivity contribution in [1.82, 2.24) is 0 Å². The minimum absolute atomic E-state index is 0.187. The zero-order valence-corrected chi connectivity index (χ0v) is 12.2. The van der Waals surface area contributed by atoms with E-state index >= 15 is 0 Å². The fraction of sp³-hybridized carbons (Fsp3) is 0.235. The van der Waals surface area contributed by atoms with Crippen LogP contribution in [-0.2, 0) is 11.2 Å². The van der Waals surface area contributed by atoms with E-state index in [4.69, 9.17) is 9.47 Å². The van der Waals surface area contributed by atoms with Crippen molar-refractivity contribution in [3.63, 3.8) is 0 Å². The first kappa shape index (κ1) is 14.4. The number of carbonyl (C=O) groups excluding carboxylic acids is 1. The molecule has 0 aromatic heterocycles. The Kier molecular flexibility index (Phi) is 3.96. The highest BCUT2D eigenvalue weighted by Gasteiger charge is 2.13. The van der Waals surface area contributed by atoms with Gasteiger partial charge in [-0.2, -0.15) is 0 Å². The fourth-order valence-electron chi connectivity index (χ4n) is 2.31. The first-order chi connectivity index (χ1) is 10.6. The molecule has 2 aromatic carbocycles. The first-order valence-electron chi connectivity index (χ1n) is 7.06. The van der Waals surface area contributed by atoms with Crippen LogP contribution < -0.4 is 14.8 Å². The van der Waals surface area contributed by atoms with Crippen molar-refractivity contribution >= 4 is 11.6 Å². The van der Waals surface area contributed by atoms with Crippen molar-refractivity contribution < 1.29 is 18.7 Å². The van der Waals surface area contributed by atoms with Crippen molar-refractivity contribution in [2.24, 2.45) is 0 Å². The van der Waals surface area contributed by atoms with Crippen molar-refractivity contribution in [1.29, 1.82) is 0 Å². The van der Waals surface area contributed by atoms with Crippen molar-refractivity contribution in [2.75, 3.05) is 18.5 Å².